The van der Waals surface area contributed by atoms with E-state index in [1.54, 1.807) is 0 Å². The van der Waals surface area contributed by atoms with Gasteiger partial charge in [-0.15, -0.1) is 0 Å². The van der Waals surface area contributed by atoms with Crippen LogP contribution in [0.5, 0.6) is 0 Å². The maximum absolute atomic E-state index is 12.8. The smallest absolute Gasteiger partial charge is 0.233 e. The van der Waals surface area contributed by atoms with E-state index in [2.05, 4.69) is 29.7 Å². The Kier molecular flexibility index (Phi) is 6.19. The highest BCUT2D eigenvalue weighted by Crippen LogP contribution is 2.52. The minimum Gasteiger partial charge on any atom is -0.392 e. The lowest BCUT2D eigenvalue weighted by atomic mass is 9.73. The van der Waals surface area contributed by atoms with Gasteiger partial charge < -0.3 is 15.7 Å². The van der Waals surface area contributed by atoms with E-state index in [1.807, 2.05) is 6.92 Å². The Labute approximate surface area is 179 Å². The summed E-state index contributed by atoms with van der Waals surface area (Å²) in [4.78, 5) is 31.7. The number of nitrogens with zero attached hydrogens (tertiary/aromatic N) is 2. The van der Waals surface area contributed by atoms with Crippen LogP contribution < -0.4 is 10.6 Å². The monoisotopic (exact) mass is 416 g/mol. The van der Waals surface area contributed by atoms with Crippen molar-refractivity contribution in [1.29, 1.82) is 0 Å². The van der Waals surface area contributed by atoms with E-state index >= 15 is 0 Å². The van der Waals surface area contributed by atoms with Crippen molar-refractivity contribution in [2.45, 2.75) is 58.5 Å². The number of aliphatic imine (C=N–C) groups is 1. The first kappa shape index (κ1) is 21.3. The van der Waals surface area contributed by atoms with Crippen LogP contribution >= 0.6 is 0 Å². The maximum atomic E-state index is 12.8. The van der Waals surface area contributed by atoms with Crippen molar-refractivity contribution >= 4 is 17.8 Å². The van der Waals surface area contributed by atoms with Gasteiger partial charge in [0.2, 0.25) is 11.8 Å². The number of likely N-dealkylation sites (tertiary alicyclic amines) is 1. The molecular formula is C23H36N4O3. The number of carbonyl (C=O) groups is 2. The number of hydrogen-bond donors (Lipinski definition) is 3. The zero-order valence-corrected chi connectivity index (χ0v) is 18.3. The molecule has 4 aliphatic rings. The molecule has 1 saturated heterocycles. The first-order valence-corrected chi connectivity index (χ1v) is 11.7. The fourth-order valence-corrected chi connectivity index (χ4v) is 5.80. The predicted molar refractivity (Wildman–Crippen MR) is 116 cm³/mol. The zero-order valence-electron chi connectivity index (χ0n) is 18.3. The van der Waals surface area contributed by atoms with Gasteiger partial charge in [0, 0.05) is 25.0 Å². The molecule has 3 aliphatic carbocycles. The second kappa shape index (κ2) is 8.69. The van der Waals surface area contributed by atoms with Crippen molar-refractivity contribution in [2.24, 2.45) is 34.1 Å². The Morgan fingerprint density at radius 2 is 1.90 bits per heavy atom. The maximum Gasteiger partial charge on any atom is 0.233 e. The van der Waals surface area contributed by atoms with Crippen LogP contribution in [0.3, 0.4) is 0 Å². The Hall–Kier alpha value is -1.89. The second-order valence-electron chi connectivity index (χ2n) is 9.72. The molecule has 3 fully saturated rings. The van der Waals surface area contributed by atoms with Gasteiger partial charge in [0.15, 0.2) is 5.96 Å². The Morgan fingerprint density at radius 1 is 1.20 bits per heavy atom. The topological polar surface area (TPSA) is 94.0 Å². The number of amides is 2. The molecule has 7 nitrogen and oxygen atoms in total. The van der Waals surface area contributed by atoms with Gasteiger partial charge in [-0.1, -0.05) is 31.9 Å². The van der Waals surface area contributed by atoms with Gasteiger partial charge >= 0.3 is 0 Å². The molecule has 4 rings (SSSR count). The van der Waals surface area contributed by atoms with Crippen LogP contribution in [0.25, 0.3) is 0 Å². The fourth-order valence-electron chi connectivity index (χ4n) is 5.80. The molecule has 0 aromatic rings. The first-order chi connectivity index (χ1) is 14.4. The molecule has 3 N–H and O–H groups in total. The summed E-state index contributed by atoms with van der Waals surface area (Å²) in [6.45, 7) is 6.60. The van der Waals surface area contributed by atoms with E-state index in [0.717, 1.165) is 44.6 Å². The number of imide groups is 1. The summed E-state index contributed by atoms with van der Waals surface area (Å²) in [5.41, 5.74) is -0.167. The largest absolute Gasteiger partial charge is 0.392 e. The van der Waals surface area contributed by atoms with Crippen LogP contribution in [0.2, 0.25) is 0 Å². The van der Waals surface area contributed by atoms with E-state index in [0.29, 0.717) is 26.1 Å². The lowest BCUT2D eigenvalue weighted by Gasteiger charge is -2.37. The van der Waals surface area contributed by atoms with Crippen molar-refractivity contribution in [3.8, 4) is 0 Å². The lowest BCUT2D eigenvalue weighted by Crippen LogP contribution is -2.42. The van der Waals surface area contributed by atoms with E-state index < -0.39 is 0 Å². The third-order valence-electron chi connectivity index (χ3n) is 7.64. The fraction of sp³-hybridized carbons (Fsp3) is 0.783. The van der Waals surface area contributed by atoms with Crippen LogP contribution in [0, 0.1) is 29.1 Å². The molecule has 2 amide bonds. The number of aliphatic hydroxyl groups excluding tert-OH is 1. The number of allylic oxidation sites excluding steroid dienone is 2. The molecule has 7 heteroatoms. The molecular weight excluding hydrogens is 380 g/mol. The number of fused-ring (bicyclic) bond motifs is 5. The summed E-state index contributed by atoms with van der Waals surface area (Å²) in [7, 11) is 0. The molecule has 1 heterocycles. The first-order valence-electron chi connectivity index (χ1n) is 11.7. The molecule has 2 bridgehead atoms. The molecule has 166 valence electrons. The Balaban J connectivity index is 1.26. The number of nitrogens with one attached hydrogen (secondary N) is 2. The third-order valence-corrected chi connectivity index (χ3v) is 7.64. The molecule has 0 radical (unpaired) electrons. The van der Waals surface area contributed by atoms with Crippen LogP contribution in [0.1, 0.15) is 52.4 Å². The molecule has 6 atom stereocenters. The summed E-state index contributed by atoms with van der Waals surface area (Å²) in [6, 6.07) is 0. The zero-order chi connectivity index (χ0) is 21.3. The van der Waals surface area contributed by atoms with Gasteiger partial charge in [-0.25, -0.2) is 0 Å². The number of guanidine groups is 1. The second-order valence-corrected chi connectivity index (χ2v) is 9.72. The number of carbonyl (C=O) groups excluding carboxylic acids is 2. The van der Waals surface area contributed by atoms with E-state index in [-0.39, 0.29) is 47.0 Å². The molecule has 0 spiro atoms. The van der Waals surface area contributed by atoms with Crippen molar-refractivity contribution < 1.29 is 14.7 Å². The van der Waals surface area contributed by atoms with E-state index in [9.17, 15) is 14.7 Å². The highest BCUT2D eigenvalue weighted by molar-refractivity contribution is 6.06. The van der Waals surface area contributed by atoms with Crippen LogP contribution in [0.4, 0.5) is 0 Å². The number of aliphatic hydroxyl groups is 1. The molecule has 30 heavy (non-hydrogen) atoms. The van der Waals surface area contributed by atoms with Crippen molar-refractivity contribution in [3.05, 3.63) is 12.2 Å². The quantitative estimate of drug-likeness (QED) is 0.193. The van der Waals surface area contributed by atoms with E-state index in [1.165, 1.54) is 4.90 Å². The summed E-state index contributed by atoms with van der Waals surface area (Å²) in [5.74, 6) is 1.11. The molecule has 1 aliphatic heterocycles. The van der Waals surface area contributed by atoms with Crippen LogP contribution in [0.15, 0.2) is 17.1 Å². The van der Waals surface area contributed by atoms with E-state index in [4.69, 9.17) is 4.99 Å². The molecule has 0 aromatic heterocycles. The molecule has 0 aromatic carbocycles. The average Bonchev–Trinajstić information content (AvgIpc) is 3.41. The third kappa shape index (κ3) is 3.88. The summed E-state index contributed by atoms with van der Waals surface area (Å²) < 4.78 is 0. The minimum atomic E-state index is -0.297. The number of rotatable bonds is 7. The van der Waals surface area contributed by atoms with Gasteiger partial charge in [0.1, 0.15) is 0 Å². The summed E-state index contributed by atoms with van der Waals surface area (Å²) in [5, 5.41) is 17.0. The predicted octanol–water partition coefficient (Wildman–Crippen LogP) is 1.68. The number of hydrogen-bond acceptors (Lipinski definition) is 4. The van der Waals surface area contributed by atoms with Gasteiger partial charge in [0.25, 0.3) is 0 Å². The highest BCUT2D eigenvalue weighted by Gasteiger charge is 2.58. The SMILES string of the molecule is CCNC(=NCC1(C)CCCCC1O)NCCCN1C(=O)C2C3C=CC(C3)C2C1=O. The standard InChI is InChI=1S/C23H36N4O3/c1-3-24-22(26-14-23(2)10-5-4-7-17(23)28)25-11-6-12-27-20(29)18-15-8-9-16(13-15)19(18)21(27)30/h8-9,15-19,28H,3-7,10-14H2,1-2H3,(H2,24,25,26). The molecule has 6 unspecified atom stereocenters. The van der Waals surface area contributed by atoms with Gasteiger partial charge in [-0.2, -0.15) is 0 Å². The van der Waals surface area contributed by atoms with Gasteiger partial charge in [-0.3, -0.25) is 19.5 Å². The Bertz CT molecular complexity index is 706. The van der Waals surface area contributed by atoms with Crippen molar-refractivity contribution in [1.82, 2.24) is 15.5 Å². The van der Waals surface area contributed by atoms with Crippen LogP contribution in [-0.4, -0.2) is 60.1 Å². The summed E-state index contributed by atoms with van der Waals surface area (Å²) in [6.07, 6.45) is 9.71. The van der Waals surface area contributed by atoms with Crippen molar-refractivity contribution in [3.63, 3.8) is 0 Å². The summed E-state index contributed by atoms with van der Waals surface area (Å²) >= 11 is 0. The normalized spacial score (nSPS) is 37.8. The minimum absolute atomic E-state index is 0.0293. The van der Waals surface area contributed by atoms with Crippen LogP contribution in [-0.2, 0) is 9.59 Å². The highest BCUT2D eigenvalue weighted by atomic mass is 16.3. The lowest BCUT2D eigenvalue weighted by molar-refractivity contribution is -0.140. The Morgan fingerprint density at radius 3 is 2.53 bits per heavy atom. The average molecular weight is 417 g/mol. The van der Waals surface area contributed by atoms with Gasteiger partial charge in [-0.05, 0) is 44.4 Å². The van der Waals surface area contributed by atoms with Gasteiger partial charge in [0.05, 0.1) is 24.5 Å². The molecule has 2 saturated carbocycles. The van der Waals surface area contributed by atoms with Crippen molar-refractivity contribution in [2.75, 3.05) is 26.2 Å².